The van der Waals surface area contributed by atoms with Crippen LogP contribution in [-0.2, 0) is 24.4 Å². The second kappa shape index (κ2) is 6.07. The molecule has 0 bridgehead atoms. The zero-order chi connectivity index (χ0) is 15.7. The number of aliphatic hydroxyl groups is 1. The third-order valence-electron chi connectivity index (χ3n) is 3.71. The Morgan fingerprint density at radius 2 is 2.10 bits per heavy atom. The fourth-order valence-electron chi connectivity index (χ4n) is 2.62. The van der Waals surface area contributed by atoms with E-state index in [1.807, 2.05) is 0 Å². The molecule has 7 nitrogen and oxygen atoms in total. The van der Waals surface area contributed by atoms with Gasteiger partial charge in [0.25, 0.3) is 0 Å². The van der Waals surface area contributed by atoms with Gasteiger partial charge in [-0.25, -0.2) is 16.8 Å². The molecule has 0 amide bonds. The van der Waals surface area contributed by atoms with Gasteiger partial charge in [0.2, 0.25) is 0 Å². The number of rotatable bonds is 4. The van der Waals surface area contributed by atoms with Gasteiger partial charge in [0.1, 0.15) is 0 Å². The van der Waals surface area contributed by atoms with E-state index in [9.17, 15) is 16.8 Å². The molecular formula is C12H19NO6S2. The van der Waals surface area contributed by atoms with Crippen LogP contribution in [0.3, 0.4) is 0 Å². The van der Waals surface area contributed by atoms with Crippen molar-refractivity contribution < 1.29 is 26.7 Å². The Hall–Kier alpha value is -0.900. The quantitative estimate of drug-likeness (QED) is 0.671. The van der Waals surface area contributed by atoms with E-state index < -0.39 is 43.2 Å². The van der Waals surface area contributed by atoms with Crippen molar-refractivity contribution in [1.82, 2.24) is 0 Å². The minimum Gasteiger partial charge on any atom is -0.402 e. The highest BCUT2D eigenvalue weighted by molar-refractivity contribution is 7.95. The molecule has 3 N–H and O–H groups in total. The van der Waals surface area contributed by atoms with Crippen LogP contribution in [0.5, 0.6) is 0 Å². The molecule has 1 heterocycles. The first-order chi connectivity index (χ1) is 9.78. The van der Waals surface area contributed by atoms with Gasteiger partial charge in [-0.3, -0.25) is 0 Å². The summed E-state index contributed by atoms with van der Waals surface area (Å²) in [5.74, 6) is -1.31. The smallest absolute Gasteiger partial charge is 0.177 e. The highest BCUT2D eigenvalue weighted by Crippen LogP contribution is 2.35. The first kappa shape index (κ1) is 16.5. The van der Waals surface area contributed by atoms with Crippen LogP contribution in [0.4, 0.5) is 0 Å². The highest BCUT2D eigenvalue weighted by Gasteiger charge is 2.42. The lowest BCUT2D eigenvalue weighted by Gasteiger charge is -2.33. The average Bonchev–Trinajstić information content (AvgIpc) is 2.37. The van der Waals surface area contributed by atoms with Crippen LogP contribution in [0, 0.1) is 5.92 Å². The molecule has 0 spiro atoms. The van der Waals surface area contributed by atoms with E-state index >= 15 is 0 Å². The van der Waals surface area contributed by atoms with Gasteiger partial charge in [-0.15, -0.1) is 0 Å². The maximum absolute atomic E-state index is 12.2. The van der Waals surface area contributed by atoms with E-state index in [0.29, 0.717) is 5.70 Å². The van der Waals surface area contributed by atoms with Crippen molar-refractivity contribution in [2.45, 2.75) is 11.7 Å². The standard InChI is InChI=1S/C12H19NO6S2/c13-9-1-2-11(20(15,16)5-3-14)10(7-9)12-8-19-4-6-21(12,17)18/h1-2,10,12,14H,3-8,13H2. The van der Waals surface area contributed by atoms with Gasteiger partial charge < -0.3 is 15.6 Å². The maximum atomic E-state index is 12.2. The van der Waals surface area contributed by atoms with E-state index in [2.05, 4.69) is 0 Å². The summed E-state index contributed by atoms with van der Waals surface area (Å²) in [5.41, 5.74) is 6.17. The second-order valence-electron chi connectivity index (χ2n) is 5.14. The van der Waals surface area contributed by atoms with Crippen molar-refractivity contribution in [3.05, 3.63) is 22.8 Å². The van der Waals surface area contributed by atoms with E-state index in [1.54, 1.807) is 0 Å². The Balaban J connectivity index is 2.41. The molecule has 1 saturated heterocycles. The number of hydrogen-bond acceptors (Lipinski definition) is 7. The third kappa shape index (κ3) is 3.47. The molecule has 120 valence electrons. The van der Waals surface area contributed by atoms with E-state index in [-0.39, 0.29) is 30.3 Å². The number of ether oxygens (including phenoxy) is 1. The van der Waals surface area contributed by atoms with E-state index in [4.69, 9.17) is 15.6 Å². The van der Waals surface area contributed by atoms with Gasteiger partial charge in [0, 0.05) is 16.5 Å². The zero-order valence-corrected chi connectivity index (χ0v) is 13.1. The van der Waals surface area contributed by atoms with Gasteiger partial charge >= 0.3 is 0 Å². The summed E-state index contributed by atoms with van der Waals surface area (Å²) in [6.45, 7) is -0.426. The molecule has 2 rings (SSSR count). The molecule has 0 saturated carbocycles. The highest BCUT2D eigenvalue weighted by atomic mass is 32.2. The van der Waals surface area contributed by atoms with Crippen molar-refractivity contribution in [2.75, 3.05) is 31.3 Å². The second-order valence-corrected chi connectivity index (χ2v) is 9.59. The molecule has 2 aliphatic rings. The van der Waals surface area contributed by atoms with Crippen molar-refractivity contribution in [3.63, 3.8) is 0 Å². The number of sulfone groups is 2. The molecule has 0 radical (unpaired) electrons. The monoisotopic (exact) mass is 337 g/mol. The lowest BCUT2D eigenvalue weighted by Crippen LogP contribution is -2.44. The largest absolute Gasteiger partial charge is 0.402 e. The van der Waals surface area contributed by atoms with Gasteiger partial charge in [-0.2, -0.15) is 0 Å². The summed E-state index contributed by atoms with van der Waals surface area (Å²) in [7, 11) is -7.14. The summed E-state index contributed by atoms with van der Waals surface area (Å²) < 4.78 is 54.1. The summed E-state index contributed by atoms with van der Waals surface area (Å²) in [6.07, 6.45) is 2.97. The lowest BCUT2D eigenvalue weighted by molar-refractivity contribution is 0.128. The first-order valence-corrected chi connectivity index (χ1v) is 9.94. The van der Waals surface area contributed by atoms with Crippen LogP contribution in [0.15, 0.2) is 22.8 Å². The topological polar surface area (TPSA) is 124 Å². The van der Waals surface area contributed by atoms with Crippen LogP contribution >= 0.6 is 0 Å². The van der Waals surface area contributed by atoms with Crippen molar-refractivity contribution in [2.24, 2.45) is 11.7 Å². The van der Waals surface area contributed by atoms with Crippen molar-refractivity contribution in [1.29, 1.82) is 0 Å². The van der Waals surface area contributed by atoms with Crippen LogP contribution in [0.2, 0.25) is 0 Å². The summed E-state index contributed by atoms with van der Waals surface area (Å²) in [6, 6.07) is 0. The third-order valence-corrected chi connectivity index (χ3v) is 7.71. The van der Waals surface area contributed by atoms with E-state index in [1.165, 1.54) is 12.2 Å². The van der Waals surface area contributed by atoms with Gasteiger partial charge in [-0.1, -0.05) is 0 Å². The number of aliphatic hydroxyl groups excluding tert-OH is 1. The first-order valence-electron chi connectivity index (χ1n) is 6.57. The molecule has 1 fully saturated rings. The summed E-state index contributed by atoms with van der Waals surface area (Å²) in [5, 5.41) is 7.98. The zero-order valence-electron chi connectivity index (χ0n) is 11.4. The van der Waals surface area contributed by atoms with Crippen molar-refractivity contribution >= 4 is 19.7 Å². The molecule has 2 unspecified atom stereocenters. The minimum atomic E-state index is -3.71. The van der Waals surface area contributed by atoms with Crippen LogP contribution in [0.1, 0.15) is 6.42 Å². The number of hydrogen-bond donors (Lipinski definition) is 2. The fourth-order valence-corrected chi connectivity index (χ4v) is 5.86. The molecule has 1 aliphatic heterocycles. The molecule has 0 aromatic heterocycles. The fraction of sp³-hybridized carbons (Fsp3) is 0.667. The minimum absolute atomic E-state index is 0.0184. The molecular weight excluding hydrogens is 318 g/mol. The van der Waals surface area contributed by atoms with E-state index in [0.717, 1.165) is 0 Å². The van der Waals surface area contributed by atoms with Crippen LogP contribution in [0.25, 0.3) is 0 Å². The Morgan fingerprint density at radius 1 is 1.38 bits per heavy atom. The van der Waals surface area contributed by atoms with Gasteiger partial charge in [-0.05, 0) is 18.6 Å². The Bertz CT molecular complexity index is 662. The Kier molecular flexibility index (Phi) is 4.76. The normalized spacial score (nSPS) is 29.6. The van der Waals surface area contributed by atoms with Gasteiger partial charge in [0.05, 0.1) is 36.6 Å². The van der Waals surface area contributed by atoms with Crippen LogP contribution < -0.4 is 5.73 Å². The maximum Gasteiger partial charge on any atom is 0.177 e. The summed E-state index contributed by atoms with van der Waals surface area (Å²) in [4.78, 5) is 0.0184. The predicted molar refractivity (Wildman–Crippen MR) is 77.7 cm³/mol. The molecule has 21 heavy (non-hydrogen) atoms. The number of nitrogens with two attached hydrogens (primary N) is 1. The molecule has 9 heteroatoms. The Labute approximate surface area is 124 Å². The SMILES string of the molecule is NC1=CC=C(S(=O)(=O)CCO)C(C2COCCS2(=O)=O)C1. The van der Waals surface area contributed by atoms with Crippen LogP contribution in [-0.4, -0.2) is 58.5 Å². The van der Waals surface area contributed by atoms with Gasteiger partial charge in [0.15, 0.2) is 19.7 Å². The Morgan fingerprint density at radius 3 is 2.71 bits per heavy atom. The molecule has 0 aromatic rings. The summed E-state index contributed by atoms with van der Waals surface area (Å²) >= 11 is 0. The number of allylic oxidation sites excluding steroid dienone is 4. The molecule has 2 atom stereocenters. The lowest BCUT2D eigenvalue weighted by atomic mass is 9.94. The predicted octanol–water partition coefficient (Wildman–Crippen LogP) is -1.05. The molecule has 1 aliphatic carbocycles. The van der Waals surface area contributed by atoms with Crippen molar-refractivity contribution in [3.8, 4) is 0 Å². The average molecular weight is 337 g/mol. The molecule has 0 aromatic carbocycles.